The molecule has 0 bridgehead atoms. The lowest BCUT2D eigenvalue weighted by molar-refractivity contribution is 0.0970. The lowest BCUT2D eigenvalue weighted by Crippen LogP contribution is -2.29. The normalized spacial score (nSPS) is 15.0. The first-order valence-corrected chi connectivity index (χ1v) is 12.8. The molecule has 5 rings (SSSR count). The number of methoxy groups -OCH3 is 1. The second-order valence-corrected chi connectivity index (χ2v) is 9.89. The fourth-order valence-corrected chi connectivity index (χ4v) is 5.25. The second kappa shape index (κ2) is 9.55. The number of aromatic nitrogens is 2. The number of nitrogens with zero attached hydrogens (tertiary/aromatic N) is 3. The van der Waals surface area contributed by atoms with Crippen LogP contribution in [0, 0.1) is 6.92 Å². The van der Waals surface area contributed by atoms with E-state index in [4.69, 9.17) is 25.5 Å². The Morgan fingerprint density at radius 3 is 2.64 bits per heavy atom. The lowest BCUT2D eigenvalue weighted by Gasteiger charge is -2.23. The van der Waals surface area contributed by atoms with E-state index in [2.05, 4.69) is 10.2 Å². The summed E-state index contributed by atoms with van der Waals surface area (Å²) in [6.07, 6.45) is 1.52. The number of ether oxygens (including phenoxy) is 2. The SMILES string of the molecule is CCCOc1ccc(C2c3c(oc4cc(C)c(Cl)cc4c3=O)C(=O)N2c2nnc(CC)s2)cc1OC. The first-order valence-electron chi connectivity index (χ1n) is 11.6. The van der Waals surface area contributed by atoms with E-state index >= 15 is 0 Å². The molecule has 2 aromatic heterocycles. The fraction of sp³-hybridized carbons (Fsp3) is 0.308. The van der Waals surface area contributed by atoms with Gasteiger partial charge >= 0.3 is 0 Å². The molecule has 1 aliphatic heterocycles. The summed E-state index contributed by atoms with van der Waals surface area (Å²) < 4.78 is 17.4. The average molecular weight is 526 g/mol. The molecule has 1 aliphatic rings. The van der Waals surface area contributed by atoms with Crippen LogP contribution < -0.4 is 19.8 Å². The van der Waals surface area contributed by atoms with Crippen molar-refractivity contribution in [1.82, 2.24) is 10.2 Å². The van der Waals surface area contributed by atoms with Crippen LogP contribution in [0.4, 0.5) is 5.13 Å². The highest BCUT2D eigenvalue weighted by molar-refractivity contribution is 7.15. The van der Waals surface area contributed by atoms with Crippen molar-refractivity contribution in [3.05, 3.63) is 73.0 Å². The van der Waals surface area contributed by atoms with Gasteiger partial charge in [0.15, 0.2) is 16.9 Å². The van der Waals surface area contributed by atoms with E-state index in [1.54, 1.807) is 31.4 Å². The quantitative estimate of drug-likeness (QED) is 0.304. The molecule has 0 fully saturated rings. The zero-order valence-corrected chi connectivity index (χ0v) is 21.8. The lowest BCUT2D eigenvalue weighted by atomic mass is 9.98. The predicted octanol–water partition coefficient (Wildman–Crippen LogP) is 5.72. The Kier molecular flexibility index (Phi) is 6.44. The van der Waals surface area contributed by atoms with Crippen LogP contribution in [0.5, 0.6) is 11.5 Å². The van der Waals surface area contributed by atoms with E-state index in [0.29, 0.717) is 51.2 Å². The largest absolute Gasteiger partial charge is 0.493 e. The van der Waals surface area contributed by atoms with E-state index in [1.807, 2.05) is 26.8 Å². The van der Waals surface area contributed by atoms with Crippen LogP contribution in [0.2, 0.25) is 5.02 Å². The number of anilines is 1. The van der Waals surface area contributed by atoms with Crippen molar-refractivity contribution in [2.75, 3.05) is 18.6 Å². The van der Waals surface area contributed by atoms with Gasteiger partial charge in [0.1, 0.15) is 10.6 Å². The highest BCUT2D eigenvalue weighted by Gasteiger charge is 2.45. The van der Waals surface area contributed by atoms with Crippen molar-refractivity contribution < 1.29 is 18.7 Å². The predicted molar refractivity (Wildman–Crippen MR) is 139 cm³/mol. The van der Waals surface area contributed by atoms with Gasteiger partial charge in [-0.3, -0.25) is 14.5 Å². The maximum absolute atomic E-state index is 13.8. The van der Waals surface area contributed by atoms with Gasteiger partial charge in [-0.25, -0.2) is 0 Å². The molecular weight excluding hydrogens is 502 g/mol. The standard InChI is InChI=1S/C26H24ClN3O5S/c1-5-9-34-17-8-7-14(11-19(17)33-4)22-21-23(31)15-12-16(27)13(3)10-18(15)35-24(21)25(32)30(22)26-29-28-20(6-2)36-26/h7-8,10-12,22H,5-6,9H2,1-4H3. The number of carbonyl (C=O) groups excluding carboxylic acids is 1. The number of hydrogen-bond acceptors (Lipinski definition) is 8. The van der Waals surface area contributed by atoms with Crippen molar-refractivity contribution in [2.45, 2.75) is 39.7 Å². The maximum atomic E-state index is 13.8. The minimum absolute atomic E-state index is 0.0160. The van der Waals surface area contributed by atoms with Crippen LogP contribution in [0.15, 0.2) is 39.5 Å². The Hall–Kier alpha value is -3.43. The highest BCUT2D eigenvalue weighted by atomic mass is 35.5. The van der Waals surface area contributed by atoms with Crippen molar-refractivity contribution in [1.29, 1.82) is 0 Å². The smallest absolute Gasteiger partial charge is 0.297 e. The number of fused-ring (bicyclic) bond motifs is 2. The van der Waals surface area contributed by atoms with Gasteiger partial charge in [-0.05, 0) is 55.2 Å². The summed E-state index contributed by atoms with van der Waals surface area (Å²) in [6.45, 7) is 6.33. The number of aryl methyl sites for hydroxylation is 2. The Morgan fingerprint density at radius 2 is 1.94 bits per heavy atom. The van der Waals surface area contributed by atoms with E-state index in [1.165, 1.54) is 16.2 Å². The van der Waals surface area contributed by atoms with E-state index in [0.717, 1.165) is 17.0 Å². The zero-order valence-electron chi connectivity index (χ0n) is 20.3. The monoisotopic (exact) mass is 525 g/mol. The second-order valence-electron chi connectivity index (χ2n) is 8.44. The van der Waals surface area contributed by atoms with Gasteiger partial charge in [0.25, 0.3) is 5.91 Å². The molecule has 186 valence electrons. The van der Waals surface area contributed by atoms with Gasteiger partial charge < -0.3 is 13.9 Å². The molecule has 10 heteroatoms. The van der Waals surface area contributed by atoms with E-state index in [-0.39, 0.29) is 16.8 Å². The number of amides is 1. The van der Waals surface area contributed by atoms with Crippen molar-refractivity contribution in [3.8, 4) is 11.5 Å². The maximum Gasteiger partial charge on any atom is 0.297 e. The van der Waals surface area contributed by atoms with Crippen LogP contribution in [0.1, 0.15) is 58.6 Å². The molecule has 0 saturated carbocycles. The summed E-state index contributed by atoms with van der Waals surface area (Å²) in [4.78, 5) is 29.0. The fourth-order valence-electron chi connectivity index (χ4n) is 4.28. The summed E-state index contributed by atoms with van der Waals surface area (Å²) in [5, 5.41) is 10.4. The van der Waals surface area contributed by atoms with Crippen LogP contribution in [-0.4, -0.2) is 29.8 Å². The summed E-state index contributed by atoms with van der Waals surface area (Å²) in [6, 6.07) is 7.85. The number of hydrogen-bond donors (Lipinski definition) is 0. The molecule has 0 radical (unpaired) electrons. The van der Waals surface area contributed by atoms with E-state index in [9.17, 15) is 9.59 Å². The van der Waals surface area contributed by atoms with Gasteiger partial charge in [-0.2, -0.15) is 0 Å². The molecule has 1 atom stereocenters. The Balaban J connectivity index is 1.75. The van der Waals surface area contributed by atoms with Crippen molar-refractivity contribution >= 4 is 44.9 Å². The summed E-state index contributed by atoms with van der Waals surface area (Å²) in [5.41, 5.74) is 1.61. The molecule has 0 spiro atoms. The van der Waals surface area contributed by atoms with Crippen LogP contribution >= 0.6 is 22.9 Å². The molecule has 3 heterocycles. The third-order valence-electron chi connectivity index (χ3n) is 6.08. The number of benzene rings is 2. The summed E-state index contributed by atoms with van der Waals surface area (Å²) in [5.74, 6) is 0.608. The van der Waals surface area contributed by atoms with Crippen LogP contribution in [0.3, 0.4) is 0 Å². The van der Waals surface area contributed by atoms with Gasteiger partial charge in [-0.1, -0.05) is 42.9 Å². The summed E-state index contributed by atoms with van der Waals surface area (Å²) in [7, 11) is 1.55. The highest BCUT2D eigenvalue weighted by Crippen LogP contribution is 2.44. The zero-order chi connectivity index (χ0) is 25.6. The average Bonchev–Trinajstić information content (AvgIpc) is 3.46. The van der Waals surface area contributed by atoms with Crippen molar-refractivity contribution in [2.24, 2.45) is 0 Å². The first kappa shape index (κ1) is 24.3. The minimum atomic E-state index is -0.792. The molecule has 0 saturated heterocycles. The van der Waals surface area contributed by atoms with E-state index < -0.39 is 11.9 Å². The number of rotatable bonds is 7. The molecule has 1 amide bonds. The molecule has 0 N–H and O–H groups in total. The molecule has 8 nitrogen and oxygen atoms in total. The Labute approximate surface area is 216 Å². The third kappa shape index (κ3) is 3.92. The number of halogens is 1. The van der Waals surface area contributed by atoms with Crippen molar-refractivity contribution in [3.63, 3.8) is 0 Å². The Bertz CT molecular complexity index is 1550. The van der Waals surface area contributed by atoms with Gasteiger partial charge in [0, 0.05) is 5.02 Å². The topological polar surface area (TPSA) is 94.8 Å². The molecule has 0 aliphatic carbocycles. The van der Waals surface area contributed by atoms with Gasteiger partial charge in [0.2, 0.25) is 10.9 Å². The molecule has 2 aromatic carbocycles. The molecule has 4 aromatic rings. The van der Waals surface area contributed by atoms with Crippen LogP contribution in [-0.2, 0) is 6.42 Å². The van der Waals surface area contributed by atoms with Crippen LogP contribution in [0.25, 0.3) is 11.0 Å². The molecule has 1 unspecified atom stereocenters. The van der Waals surface area contributed by atoms with Gasteiger partial charge in [0.05, 0.1) is 30.7 Å². The van der Waals surface area contributed by atoms with Gasteiger partial charge in [-0.15, -0.1) is 10.2 Å². The number of carbonyl (C=O) groups is 1. The molecule has 36 heavy (non-hydrogen) atoms. The minimum Gasteiger partial charge on any atom is -0.493 e. The summed E-state index contributed by atoms with van der Waals surface area (Å²) >= 11 is 7.63. The molecular formula is C26H24ClN3O5S. The Morgan fingerprint density at radius 1 is 1.14 bits per heavy atom. The third-order valence-corrected chi connectivity index (χ3v) is 7.56. The first-order chi connectivity index (χ1) is 17.4.